The van der Waals surface area contributed by atoms with Gasteiger partial charge in [0.1, 0.15) is 0 Å². The Kier molecular flexibility index (Phi) is 3.97. The van der Waals surface area contributed by atoms with Gasteiger partial charge in [-0.3, -0.25) is 4.98 Å². The van der Waals surface area contributed by atoms with Crippen LogP contribution in [0.5, 0.6) is 0 Å². The summed E-state index contributed by atoms with van der Waals surface area (Å²) in [5.41, 5.74) is 4.08. The molecule has 0 aliphatic carbocycles. The lowest BCUT2D eigenvalue weighted by atomic mass is 10.0. The van der Waals surface area contributed by atoms with Crippen LogP contribution in [0.1, 0.15) is 24.1 Å². The summed E-state index contributed by atoms with van der Waals surface area (Å²) >= 11 is 0. The molecule has 0 fully saturated rings. The van der Waals surface area contributed by atoms with Crippen molar-refractivity contribution in [1.82, 2.24) is 4.98 Å². The van der Waals surface area contributed by atoms with E-state index in [4.69, 9.17) is 4.98 Å². The van der Waals surface area contributed by atoms with Gasteiger partial charge in [0.05, 0.1) is 11.4 Å². The van der Waals surface area contributed by atoms with Gasteiger partial charge < -0.3 is 4.90 Å². The van der Waals surface area contributed by atoms with Crippen molar-refractivity contribution in [2.75, 3.05) is 18.0 Å². The summed E-state index contributed by atoms with van der Waals surface area (Å²) in [5.74, 6) is 0. The van der Waals surface area contributed by atoms with Gasteiger partial charge in [-0.15, -0.1) is 0 Å². The summed E-state index contributed by atoms with van der Waals surface area (Å²) in [5, 5.41) is 2.61. The largest absolute Gasteiger partial charge is 0.370 e. The third-order valence-corrected chi connectivity index (χ3v) is 4.74. The highest BCUT2D eigenvalue weighted by Crippen LogP contribution is 2.33. The van der Waals surface area contributed by atoms with Crippen molar-refractivity contribution in [3.63, 3.8) is 0 Å². The maximum absolute atomic E-state index is 4.72. The zero-order valence-electron chi connectivity index (χ0n) is 13.4. The van der Waals surface area contributed by atoms with Gasteiger partial charge in [0.2, 0.25) is 0 Å². The van der Waals surface area contributed by atoms with Gasteiger partial charge in [0.25, 0.3) is 0 Å². The molecule has 0 unspecified atom stereocenters. The highest BCUT2D eigenvalue weighted by Gasteiger charge is 2.20. The molecule has 1 aliphatic heterocycles. The fourth-order valence-electron chi connectivity index (χ4n) is 3.62. The molecule has 23 heavy (non-hydrogen) atoms. The van der Waals surface area contributed by atoms with Crippen molar-refractivity contribution in [1.29, 1.82) is 0 Å². The number of benzene rings is 2. The summed E-state index contributed by atoms with van der Waals surface area (Å²) in [6.07, 6.45) is 6.68. The van der Waals surface area contributed by atoms with Crippen molar-refractivity contribution < 1.29 is 0 Å². The van der Waals surface area contributed by atoms with Gasteiger partial charge in [-0.05, 0) is 31.2 Å². The Balaban J connectivity index is 1.56. The normalized spacial score (nSPS) is 14.0. The number of rotatable bonds is 4. The van der Waals surface area contributed by atoms with Crippen molar-refractivity contribution in [3.8, 4) is 0 Å². The van der Waals surface area contributed by atoms with E-state index in [1.807, 2.05) is 6.20 Å². The second-order valence-electron chi connectivity index (χ2n) is 6.32. The van der Waals surface area contributed by atoms with E-state index in [9.17, 15) is 0 Å². The first kappa shape index (κ1) is 14.3. The summed E-state index contributed by atoms with van der Waals surface area (Å²) < 4.78 is 0. The zero-order valence-corrected chi connectivity index (χ0v) is 13.4. The van der Waals surface area contributed by atoms with Crippen molar-refractivity contribution in [2.45, 2.75) is 25.7 Å². The summed E-state index contributed by atoms with van der Waals surface area (Å²) in [7, 11) is 0. The number of aromatic nitrogens is 1. The molecule has 2 heteroatoms. The van der Waals surface area contributed by atoms with Crippen molar-refractivity contribution in [3.05, 3.63) is 72.1 Å². The average molecular weight is 302 g/mol. The van der Waals surface area contributed by atoms with Gasteiger partial charge in [0.15, 0.2) is 0 Å². The quantitative estimate of drug-likeness (QED) is 0.699. The Morgan fingerprint density at radius 2 is 1.78 bits per heavy atom. The lowest BCUT2D eigenvalue weighted by Crippen LogP contribution is -2.31. The SMILES string of the molecule is c1ccc(CCCN2CCCc3ncc4ccccc4c32)cc1. The molecular weight excluding hydrogens is 280 g/mol. The Morgan fingerprint density at radius 3 is 2.70 bits per heavy atom. The van der Waals surface area contributed by atoms with Gasteiger partial charge in [-0.25, -0.2) is 0 Å². The van der Waals surface area contributed by atoms with E-state index in [0.29, 0.717) is 0 Å². The van der Waals surface area contributed by atoms with Crippen LogP contribution in [0, 0.1) is 0 Å². The minimum absolute atomic E-state index is 1.11. The topological polar surface area (TPSA) is 16.1 Å². The molecule has 0 saturated carbocycles. The molecule has 0 atom stereocenters. The second-order valence-corrected chi connectivity index (χ2v) is 6.32. The molecule has 116 valence electrons. The Bertz CT molecular complexity index is 795. The molecule has 2 nitrogen and oxygen atoms in total. The predicted molar refractivity (Wildman–Crippen MR) is 97.0 cm³/mol. The maximum Gasteiger partial charge on any atom is 0.0665 e. The van der Waals surface area contributed by atoms with Crippen LogP contribution in [0.3, 0.4) is 0 Å². The highest BCUT2D eigenvalue weighted by atomic mass is 15.1. The Morgan fingerprint density at radius 1 is 0.957 bits per heavy atom. The summed E-state index contributed by atoms with van der Waals surface area (Å²) in [6, 6.07) is 19.4. The van der Waals surface area contributed by atoms with Crippen LogP contribution in [0.25, 0.3) is 10.8 Å². The van der Waals surface area contributed by atoms with Crippen LogP contribution in [-0.2, 0) is 12.8 Å². The van der Waals surface area contributed by atoms with Crippen LogP contribution in [0.15, 0.2) is 60.8 Å². The van der Waals surface area contributed by atoms with Crippen LogP contribution in [0.4, 0.5) is 5.69 Å². The van der Waals surface area contributed by atoms with Crippen LogP contribution < -0.4 is 4.90 Å². The Hall–Kier alpha value is -2.35. The monoisotopic (exact) mass is 302 g/mol. The van der Waals surface area contributed by atoms with Crippen LogP contribution in [0.2, 0.25) is 0 Å². The Labute approximate surface area is 137 Å². The number of anilines is 1. The molecule has 1 aromatic heterocycles. The molecule has 2 aromatic carbocycles. The van der Waals surface area contributed by atoms with E-state index in [0.717, 1.165) is 25.9 Å². The van der Waals surface area contributed by atoms with Crippen LogP contribution in [-0.4, -0.2) is 18.1 Å². The van der Waals surface area contributed by atoms with Gasteiger partial charge in [-0.1, -0.05) is 54.6 Å². The highest BCUT2D eigenvalue weighted by molar-refractivity contribution is 5.95. The minimum Gasteiger partial charge on any atom is -0.370 e. The number of hydrogen-bond donors (Lipinski definition) is 0. The molecule has 0 bridgehead atoms. The number of fused-ring (bicyclic) bond motifs is 3. The number of nitrogens with zero attached hydrogens (tertiary/aromatic N) is 2. The first-order valence-corrected chi connectivity index (χ1v) is 8.57. The molecule has 0 spiro atoms. The lowest BCUT2D eigenvalue weighted by molar-refractivity contribution is 0.657. The molecule has 0 radical (unpaired) electrons. The number of aryl methyl sites for hydroxylation is 2. The lowest BCUT2D eigenvalue weighted by Gasteiger charge is -2.32. The molecular formula is C21H22N2. The fourth-order valence-corrected chi connectivity index (χ4v) is 3.62. The molecule has 1 aliphatic rings. The third-order valence-electron chi connectivity index (χ3n) is 4.74. The van der Waals surface area contributed by atoms with E-state index in [1.165, 1.54) is 40.6 Å². The van der Waals surface area contributed by atoms with Crippen molar-refractivity contribution >= 4 is 16.5 Å². The fraction of sp³-hybridized carbons (Fsp3) is 0.286. The molecule has 2 heterocycles. The van der Waals surface area contributed by atoms with Gasteiger partial charge in [-0.2, -0.15) is 0 Å². The molecule has 4 rings (SSSR count). The second kappa shape index (κ2) is 6.41. The molecule has 0 saturated heterocycles. The predicted octanol–water partition coefficient (Wildman–Crippen LogP) is 4.62. The standard InChI is InChI=1S/C21H22N2/c1-2-8-17(9-3-1)10-6-14-23-15-7-13-20-21(23)19-12-5-4-11-18(19)16-22-20/h1-5,8-9,11-12,16H,6-7,10,13-15H2. The van der Waals surface area contributed by atoms with Crippen LogP contribution >= 0.6 is 0 Å². The molecule has 3 aromatic rings. The summed E-state index contributed by atoms with van der Waals surface area (Å²) in [6.45, 7) is 2.26. The van der Waals surface area contributed by atoms with E-state index in [1.54, 1.807) is 0 Å². The minimum atomic E-state index is 1.11. The van der Waals surface area contributed by atoms with Crippen molar-refractivity contribution in [2.24, 2.45) is 0 Å². The smallest absolute Gasteiger partial charge is 0.0665 e. The van der Waals surface area contributed by atoms with E-state index >= 15 is 0 Å². The molecule has 0 N–H and O–H groups in total. The van der Waals surface area contributed by atoms with E-state index < -0.39 is 0 Å². The zero-order chi connectivity index (χ0) is 15.5. The maximum atomic E-state index is 4.72. The number of hydrogen-bond acceptors (Lipinski definition) is 2. The summed E-state index contributed by atoms with van der Waals surface area (Å²) in [4.78, 5) is 7.27. The van der Waals surface area contributed by atoms with Gasteiger partial charge >= 0.3 is 0 Å². The first-order valence-electron chi connectivity index (χ1n) is 8.57. The first-order chi connectivity index (χ1) is 11.4. The average Bonchev–Trinajstić information content (AvgIpc) is 2.62. The number of pyridine rings is 1. The van der Waals surface area contributed by atoms with E-state index in [-0.39, 0.29) is 0 Å². The van der Waals surface area contributed by atoms with Gasteiger partial charge in [0, 0.05) is 30.1 Å². The van der Waals surface area contributed by atoms with E-state index in [2.05, 4.69) is 59.5 Å². The molecule has 0 amide bonds. The third kappa shape index (κ3) is 2.94.